The van der Waals surface area contributed by atoms with Crippen molar-refractivity contribution in [2.45, 2.75) is 42.5 Å². The van der Waals surface area contributed by atoms with E-state index in [2.05, 4.69) is 21.7 Å². The Morgan fingerprint density at radius 1 is 1.14 bits per heavy atom. The Kier molecular flexibility index (Phi) is 6.55. The molecule has 0 spiro atoms. The summed E-state index contributed by atoms with van der Waals surface area (Å²) < 4.78 is 40.3. The van der Waals surface area contributed by atoms with Crippen LogP contribution in [0.4, 0.5) is 0 Å². The van der Waals surface area contributed by atoms with Crippen molar-refractivity contribution >= 4 is 21.8 Å². The Hall–Kier alpha value is -1.46. The molecule has 4 rings (SSSR count). The third kappa shape index (κ3) is 4.51. The molecule has 1 aromatic carbocycles. The Morgan fingerprint density at radius 2 is 1.90 bits per heavy atom. The highest BCUT2D eigenvalue weighted by molar-refractivity contribution is 7.99. The molecule has 0 amide bonds. The van der Waals surface area contributed by atoms with Crippen LogP contribution in [-0.2, 0) is 26.0 Å². The molecule has 0 radical (unpaired) electrons. The molecule has 2 aliphatic heterocycles. The van der Waals surface area contributed by atoms with E-state index in [1.165, 1.54) is 4.31 Å². The van der Waals surface area contributed by atoms with Gasteiger partial charge in [0.05, 0.1) is 30.8 Å². The zero-order valence-corrected chi connectivity index (χ0v) is 18.1. The summed E-state index contributed by atoms with van der Waals surface area (Å²) in [4.78, 5) is 0.288. The minimum atomic E-state index is -3.51. The number of ether oxygens (including phenoxy) is 2. The van der Waals surface area contributed by atoms with Crippen LogP contribution in [0.25, 0.3) is 11.4 Å². The highest BCUT2D eigenvalue weighted by Gasteiger charge is 2.27. The van der Waals surface area contributed by atoms with Crippen LogP contribution < -0.4 is 0 Å². The number of nitrogens with zero attached hydrogens (tertiary/aromatic N) is 4. The van der Waals surface area contributed by atoms with Gasteiger partial charge in [0.15, 0.2) is 11.0 Å². The first-order valence-corrected chi connectivity index (χ1v) is 12.4. The van der Waals surface area contributed by atoms with Gasteiger partial charge in [-0.15, -0.1) is 10.2 Å². The molecule has 2 fully saturated rings. The summed E-state index contributed by atoms with van der Waals surface area (Å²) in [5.41, 5.74) is 0.847. The number of thioether (sulfide) groups is 1. The quantitative estimate of drug-likeness (QED) is 0.613. The maximum Gasteiger partial charge on any atom is 0.243 e. The predicted molar refractivity (Wildman–Crippen MR) is 110 cm³/mol. The van der Waals surface area contributed by atoms with E-state index in [0.717, 1.165) is 41.7 Å². The average molecular weight is 439 g/mol. The van der Waals surface area contributed by atoms with E-state index in [1.807, 2.05) is 12.1 Å². The first kappa shape index (κ1) is 20.8. The summed E-state index contributed by atoms with van der Waals surface area (Å²) >= 11 is 1.65. The van der Waals surface area contributed by atoms with E-state index < -0.39 is 10.0 Å². The Morgan fingerprint density at radius 3 is 2.55 bits per heavy atom. The standard InChI is InChI=1S/C19H26N4O4S2/c1-2-28-19-21-20-18(23(19)14-16-4-3-11-27-16)15-5-7-17(8-6-15)29(24,25)22-9-12-26-13-10-22/h5-8,16H,2-4,9-14H2,1H3/t16-/m1/s1. The van der Waals surface area contributed by atoms with Crippen molar-refractivity contribution in [2.75, 3.05) is 38.7 Å². The van der Waals surface area contributed by atoms with Crippen LogP contribution in [-0.4, -0.2) is 72.3 Å². The molecule has 3 heterocycles. The molecule has 2 saturated heterocycles. The molecule has 0 N–H and O–H groups in total. The fraction of sp³-hybridized carbons (Fsp3) is 0.579. The number of hydrogen-bond acceptors (Lipinski definition) is 7. The number of hydrogen-bond donors (Lipinski definition) is 0. The second-order valence-electron chi connectivity index (χ2n) is 7.03. The van der Waals surface area contributed by atoms with Gasteiger partial charge in [0, 0.05) is 25.3 Å². The van der Waals surface area contributed by atoms with Crippen molar-refractivity contribution in [3.63, 3.8) is 0 Å². The van der Waals surface area contributed by atoms with Crippen molar-refractivity contribution in [1.29, 1.82) is 0 Å². The van der Waals surface area contributed by atoms with Gasteiger partial charge in [0.25, 0.3) is 0 Å². The zero-order valence-electron chi connectivity index (χ0n) is 16.5. The maximum absolute atomic E-state index is 12.8. The van der Waals surface area contributed by atoms with Gasteiger partial charge in [-0.3, -0.25) is 4.57 Å². The molecule has 158 valence electrons. The van der Waals surface area contributed by atoms with Crippen LogP contribution in [0.2, 0.25) is 0 Å². The van der Waals surface area contributed by atoms with Crippen molar-refractivity contribution in [1.82, 2.24) is 19.1 Å². The molecular formula is C19H26N4O4S2. The molecule has 2 aliphatic rings. The second-order valence-corrected chi connectivity index (χ2v) is 10.2. The van der Waals surface area contributed by atoms with Gasteiger partial charge < -0.3 is 9.47 Å². The molecule has 0 saturated carbocycles. The summed E-state index contributed by atoms with van der Waals surface area (Å²) in [7, 11) is -3.51. The average Bonchev–Trinajstić information content (AvgIpc) is 3.40. The Labute approximate surface area is 175 Å². The third-order valence-corrected chi connectivity index (χ3v) is 7.88. The first-order valence-electron chi connectivity index (χ1n) is 9.95. The van der Waals surface area contributed by atoms with Crippen molar-refractivity contribution in [3.8, 4) is 11.4 Å². The number of aromatic nitrogens is 3. The molecule has 0 aliphatic carbocycles. The lowest BCUT2D eigenvalue weighted by Crippen LogP contribution is -2.40. The summed E-state index contributed by atoms with van der Waals surface area (Å²) in [6, 6.07) is 6.92. The Balaban J connectivity index is 1.60. The van der Waals surface area contributed by atoms with Gasteiger partial charge in [-0.1, -0.05) is 18.7 Å². The second kappa shape index (κ2) is 9.13. The molecule has 10 heteroatoms. The van der Waals surface area contributed by atoms with E-state index in [1.54, 1.807) is 23.9 Å². The normalized spacial score (nSPS) is 20.9. The van der Waals surface area contributed by atoms with Gasteiger partial charge in [-0.25, -0.2) is 8.42 Å². The maximum atomic E-state index is 12.8. The van der Waals surface area contributed by atoms with Crippen LogP contribution in [0.3, 0.4) is 0 Å². The molecule has 1 atom stereocenters. The van der Waals surface area contributed by atoms with Crippen LogP contribution in [0.1, 0.15) is 19.8 Å². The highest BCUT2D eigenvalue weighted by Crippen LogP contribution is 2.28. The highest BCUT2D eigenvalue weighted by atomic mass is 32.2. The summed E-state index contributed by atoms with van der Waals surface area (Å²) in [6.45, 7) is 5.23. The molecule has 2 aromatic rings. The lowest BCUT2D eigenvalue weighted by Gasteiger charge is -2.26. The van der Waals surface area contributed by atoms with Crippen molar-refractivity contribution in [2.24, 2.45) is 0 Å². The van der Waals surface area contributed by atoms with E-state index in [4.69, 9.17) is 9.47 Å². The molecule has 1 aromatic heterocycles. The number of sulfonamides is 1. The van der Waals surface area contributed by atoms with Crippen LogP contribution in [0.5, 0.6) is 0 Å². The summed E-state index contributed by atoms with van der Waals surface area (Å²) in [6.07, 6.45) is 2.28. The van der Waals surface area contributed by atoms with Crippen LogP contribution in [0.15, 0.2) is 34.3 Å². The fourth-order valence-corrected chi connectivity index (χ4v) is 5.69. The van der Waals surface area contributed by atoms with Gasteiger partial charge in [-0.05, 0) is 42.9 Å². The fourth-order valence-electron chi connectivity index (χ4n) is 3.61. The monoisotopic (exact) mass is 438 g/mol. The lowest BCUT2D eigenvalue weighted by molar-refractivity contribution is 0.0730. The van der Waals surface area contributed by atoms with Gasteiger partial charge >= 0.3 is 0 Å². The number of morpholine rings is 1. The largest absolute Gasteiger partial charge is 0.379 e. The van der Waals surface area contributed by atoms with E-state index in [9.17, 15) is 8.42 Å². The van der Waals surface area contributed by atoms with Gasteiger partial charge in [-0.2, -0.15) is 4.31 Å². The number of rotatable bonds is 7. The van der Waals surface area contributed by atoms with Crippen molar-refractivity contribution < 1.29 is 17.9 Å². The zero-order chi connectivity index (χ0) is 20.3. The van der Waals surface area contributed by atoms with Gasteiger partial charge in [0.1, 0.15) is 0 Å². The molecule has 0 unspecified atom stereocenters. The van der Waals surface area contributed by atoms with Crippen LogP contribution >= 0.6 is 11.8 Å². The molecule has 8 nitrogen and oxygen atoms in total. The number of benzene rings is 1. The van der Waals surface area contributed by atoms with E-state index >= 15 is 0 Å². The minimum Gasteiger partial charge on any atom is -0.379 e. The summed E-state index contributed by atoms with van der Waals surface area (Å²) in [5, 5.41) is 9.60. The molecular weight excluding hydrogens is 412 g/mol. The topological polar surface area (TPSA) is 86.5 Å². The molecule has 0 bridgehead atoms. The Bertz CT molecular complexity index is 918. The first-order chi connectivity index (χ1) is 14.1. The predicted octanol–water partition coefficient (Wildman–Crippen LogP) is 2.26. The van der Waals surface area contributed by atoms with Crippen LogP contribution in [0, 0.1) is 0 Å². The minimum absolute atomic E-state index is 0.168. The third-order valence-electron chi connectivity index (χ3n) is 5.12. The smallest absolute Gasteiger partial charge is 0.243 e. The van der Waals surface area contributed by atoms with E-state index in [0.29, 0.717) is 32.8 Å². The lowest BCUT2D eigenvalue weighted by atomic mass is 10.2. The SMILES string of the molecule is CCSc1nnc(-c2ccc(S(=O)(=O)N3CCOCC3)cc2)n1C[C@H]1CCCO1. The van der Waals surface area contributed by atoms with E-state index in [-0.39, 0.29) is 11.0 Å². The van der Waals surface area contributed by atoms with Gasteiger partial charge in [0.2, 0.25) is 10.0 Å². The van der Waals surface area contributed by atoms with Crippen molar-refractivity contribution in [3.05, 3.63) is 24.3 Å². The summed E-state index contributed by atoms with van der Waals surface area (Å²) in [5.74, 6) is 1.65. The molecule has 29 heavy (non-hydrogen) atoms.